The Morgan fingerprint density at radius 2 is 1.16 bits per heavy atom. The molecule has 6 heterocycles. The number of ether oxygens (including phenoxy) is 1. The predicted octanol–water partition coefficient (Wildman–Crippen LogP) is 4.63. The molecule has 13 nitrogen and oxygen atoms in total. The van der Waals surface area contributed by atoms with E-state index < -0.39 is 11.9 Å². The van der Waals surface area contributed by atoms with E-state index in [2.05, 4.69) is 19.9 Å². The second-order valence-corrected chi connectivity index (χ2v) is 12.8. The average Bonchev–Trinajstić information content (AvgIpc) is 3.71. The molecule has 55 heavy (non-hydrogen) atoms. The molecule has 0 atom stereocenters. The third-order valence-electron chi connectivity index (χ3n) is 8.53. The van der Waals surface area contributed by atoms with Crippen LogP contribution >= 0.6 is 23.2 Å². The first kappa shape index (κ1) is 39.9. The number of carboxylic acid groups (broad SMARTS) is 1. The van der Waals surface area contributed by atoms with Crippen molar-refractivity contribution in [3.8, 4) is 12.1 Å². The molecular formula is C39H25Cl2LiN8O5. The van der Waals surface area contributed by atoms with Crippen molar-refractivity contribution in [2.24, 2.45) is 0 Å². The van der Waals surface area contributed by atoms with Crippen molar-refractivity contribution in [3.63, 3.8) is 0 Å². The molecular weight excluding hydrogens is 738 g/mol. The summed E-state index contributed by atoms with van der Waals surface area (Å²) >= 11 is 12.0. The van der Waals surface area contributed by atoms with Crippen molar-refractivity contribution in [1.29, 1.82) is 10.5 Å². The molecule has 0 saturated carbocycles. The molecule has 0 unspecified atom stereocenters. The monoisotopic (exact) mass is 762 g/mol. The number of pyridine rings is 4. The van der Waals surface area contributed by atoms with Crippen LogP contribution in [0.15, 0.2) is 97.8 Å². The Morgan fingerprint density at radius 1 is 0.709 bits per heavy atom. The van der Waals surface area contributed by atoms with Crippen LogP contribution in [-0.2, 0) is 17.8 Å². The number of halogens is 2. The Morgan fingerprint density at radius 3 is 1.60 bits per heavy atom. The maximum absolute atomic E-state index is 12.1. The number of aromatic nitrogens is 6. The fraction of sp³-hybridized carbons (Fsp3) is 0.0769. The summed E-state index contributed by atoms with van der Waals surface area (Å²) in [6.45, 7) is 0.976. The van der Waals surface area contributed by atoms with E-state index in [1.165, 1.54) is 19.4 Å². The molecule has 0 aliphatic carbocycles. The molecule has 6 aromatic heterocycles. The summed E-state index contributed by atoms with van der Waals surface area (Å²) in [4.78, 5) is 40.4. The minimum atomic E-state index is -1.04. The molecule has 0 aliphatic heterocycles. The number of hydrogen-bond donors (Lipinski definition) is 1. The zero-order valence-corrected chi connectivity index (χ0v) is 30.6. The Kier molecular flexibility index (Phi) is 12.2. The quantitative estimate of drug-likeness (QED) is 0.183. The molecule has 0 radical (unpaired) electrons. The topological polar surface area (TPSA) is 203 Å². The van der Waals surface area contributed by atoms with Crippen LogP contribution in [0.3, 0.4) is 0 Å². The number of nitrogens with zero attached hydrogens (tertiary/aromatic N) is 8. The average molecular weight is 764 g/mol. The number of carboxylic acids is 1. The molecule has 0 saturated heterocycles. The fourth-order valence-corrected chi connectivity index (χ4v) is 6.43. The zero-order valence-electron chi connectivity index (χ0n) is 29.1. The van der Waals surface area contributed by atoms with E-state index in [4.69, 9.17) is 38.5 Å². The summed E-state index contributed by atoms with van der Waals surface area (Å²) in [6.07, 6.45) is 9.63. The number of hydrogen-bond acceptors (Lipinski definition) is 10. The first-order chi connectivity index (χ1) is 25.6. The van der Waals surface area contributed by atoms with E-state index in [1.807, 2.05) is 69.8 Å². The molecule has 8 rings (SSSR count). The van der Waals surface area contributed by atoms with Crippen LogP contribution in [0.1, 0.15) is 43.2 Å². The van der Waals surface area contributed by atoms with Crippen LogP contribution < -0.4 is 18.9 Å². The van der Waals surface area contributed by atoms with Gasteiger partial charge in [-0.2, -0.15) is 10.5 Å². The summed E-state index contributed by atoms with van der Waals surface area (Å²) < 4.78 is 8.60. The molecule has 8 aromatic rings. The van der Waals surface area contributed by atoms with Gasteiger partial charge in [-0.25, -0.2) is 19.6 Å². The second-order valence-electron chi connectivity index (χ2n) is 11.9. The largest absolute Gasteiger partial charge is 1.00 e. The van der Waals surface area contributed by atoms with E-state index in [0.29, 0.717) is 45.0 Å². The Bertz CT molecular complexity index is 2860. The molecule has 266 valence electrons. The van der Waals surface area contributed by atoms with Crippen LogP contribution in [0.4, 0.5) is 0 Å². The number of carbonyl (C=O) groups is 2. The molecule has 0 amide bonds. The van der Waals surface area contributed by atoms with Crippen molar-refractivity contribution >= 4 is 78.8 Å². The first-order valence-corrected chi connectivity index (χ1v) is 16.6. The van der Waals surface area contributed by atoms with E-state index in [9.17, 15) is 14.7 Å². The number of aromatic carboxylic acids is 1. The van der Waals surface area contributed by atoms with Crippen LogP contribution in [-0.4, -0.2) is 58.7 Å². The summed E-state index contributed by atoms with van der Waals surface area (Å²) in [7, 11) is 1.33. The maximum Gasteiger partial charge on any atom is 1.00 e. The smallest absolute Gasteiger partial charge is 0.870 e. The van der Waals surface area contributed by atoms with Gasteiger partial charge in [-0.3, -0.25) is 9.97 Å². The maximum atomic E-state index is 12.1. The van der Waals surface area contributed by atoms with Gasteiger partial charge in [0.15, 0.2) is 0 Å². The zero-order chi connectivity index (χ0) is 37.2. The number of nitriles is 2. The van der Waals surface area contributed by atoms with Gasteiger partial charge >= 0.3 is 30.8 Å². The van der Waals surface area contributed by atoms with Gasteiger partial charge in [-0.1, -0.05) is 35.3 Å². The molecule has 2 N–H and O–H groups in total. The van der Waals surface area contributed by atoms with Gasteiger partial charge in [0.1, 0.15) is 23.5 Å². The van der Waals surface area contributed by atoms with Crippen molar-refractivity contribution in [2.45, 2.75) is 13.1 Å². The van der Waals surface area contributed by atoms with Crippen LogP contribution in [0.5, 0.6) is 0 Å². The van der Waals surface area contributed by atoms with Gasteiger partial charge in [0.25, 0.3) is 0 Å². The summed E-state index contributed by atoms with van der Waals surface area (Å²) in [5.74, 6) is -1.50. The van der Waals surface area contributed by atoms with E-state index in [1.54, 1.807) is 37.1 Å². The minimum Gasteiger partial charge on any atom is -0.870 e. The number of methoxy groups -OCH3 is 1. The number of fused-ring (bicyclic) bond motifs is 4. The molecule has 0 spiro atoms. The Hall–Kier alpha value is -6.30. The van der Waals surface area contributed by atoms with Crippen LogP contribution in [0.25, 0.3) is 43.6 Å². The van der Waals surface area contributed by atoms with E-state index >= 15 is 0 Å². The Labute approximate surface area is 334 Å². The normalized spacial score (nSPS) is 10.5. The summed E-state index contributed by atoms with van der Waals surface area (Å²) in [5.41, 5.74) is 6.06. The van der Waals surface area contributed by atoms with Gasteiger partial charge < -0.3 is 24.5 Å². The fourth-order valence-electron chi connectivity index (χ4n) is 6.10. The number of benzene rings is 2. The van der Waals surface area contributed by atoms with Gasteiger partial charge in [0.05, 0.1) is 62.7 Å². The third kappa shape index (κ3) is 8.28. The number of carbonyl (C=O) groups excluding carboxylic acids is 1. The second kappa shape index (κ2) is 16.8. The minimum absolute atomic E-state index is 0. The van der Waals surface area contributed by atoms with Gasteiger partial charge in [0, 0.05) is 59.4 Å². The molecule has 0 bridgehead atoms. The van der Waals surface area contributed by atoms with Gasteiger partial charge in [-0.05, 0) is 59.7 Å². The molecule has 0 fully saturated rings. The van der Waals surface area contributed by atoms with E-state index in [0.717, 1.165) is 38.4 Å². The van der Waals surface area contributed by atoms with E-state index in [-0.39, 0.29) is 41.3 Å². The number of rotatable bonds is 6. The van der Waals surface area contributed by atoms with Gasteiger partial charge in [0.2, 0.25) is 0 Å². The summed E-state index contributed by atoms with van der Waals surface area (Å²) in [5, 5.41) is 31.7. The SMILES string of the molecule is COC(=O)c1cn(Cc2ccc3ncc(Cl)cc3c2)c2cnc(C#N)cc12.N#Cc1cc2c(C(=O)O)cn(Cc3ccc4ncc(Cl)cc4c3)c2cn1.[Li+].[OH-]. The van der Waals surface area contributed by atoms with Crippen molar-refractivity contribution in [1.82, 2.24) is 29.1 Å². The predicted molar refractivity (Wildman–Crippen MR) is 201 cm³/mol. The standard InChI is InChI=1S/C20H13ClN4O2.C19H11ClN4O2.Li.H2O/c1-27-20(26)17-11-25(19-9-23-15(7-22)6-16(17)19)10-12-2-3-18-13(4-12)5-14(21)8-24-18;20-13-4-12-3-11(1-2-17(12)23-7-13)9-24-10-16(19(25)26)15-5-14(6-21)22-8-18(15)24;;/h2-6,8-9,11H,10H2,1H3;1-5,7-8,10H,9H2,(H,25,26);;1H2/q;;+1;/p-1. The molecule has 2 aromatic carbocycles. The number of esters is 1. The molecule has 0 aliphatic rings. The first-order valence-electron chi connectivity index (χ1n) is 15.8. The van der Waals surface area contributed by atoms with Crippen LogP contribution in [0.2, 0.25) is 10.0 Å². The van der Waals surface area contributed by atoms with Crippen molar-refractivity contribution in [2.75, 3.05) is 7.11 Å². The Balaban J connectivity index is 0.000000204. The van der Waals surface area contributed by atoms with Crippen molar-refractivity contribution in [3.05, 3.63) is 142 Å². The molecule has 16 heteroatoms. The van der Waals surface area contributed by atoms with Crippen molar-refractivity contribution < 1.29 is 43.8 Å². The summed E-state index contributed by atoms with van der Waals surface area (Å²) in [6, 6.07) is 22.5. The third-order valence-corrected chi connectivity index (χ3v) is 8.94. The van der Waals surface area contributed by atoms with Crippen LogP contribution in [0, 0.1) is 22.7 Å². The van der Waals surface area contributed by atoms with Gasteiger partial charge in [-0.15, -0.1) is 0 Å².